The molecule has 0 radical (unpaired) electrons. The highest BCUT2D eigenvalue weighted by Crippen LogP contribution is 2.13. The number of benzene rings is 1. The molecule has 0 amide bonds. The third-order valence-corrected chi connectivity index (χ3v) is 2.15. The van der Waals surface area contributed by atoms with E-state index in [0.29, 0.717) is 18.2 Å². The predicted molar refractivity (Wildman–Crippen MR) is 56.8 cm³/mol. The number of ether oxygens (including phenoxy) is 1. The quantitative estimate of drug-likeness (QED) is 0.748. The molecular formula is C11H10ClNO2. The second-order valence-electron chi connectivity index (χ2n) is 3.01. The maximum atomic E-state index is 5.58. The fraction of sp³-hybridized carbons (Fsp3) is 0.182. The van der Waals surface area contributed by atoms with Crippen LogP contribution in [0, 0.1) is 0 Å². The number of rotatable bonds is 4. The molecule has 1 aromatic heterocycles. The van der Waals surface area contributed by atoms with Crippen molar-refractivity contribution in [2.75, 3.05) is 0 Å². The average Bonchev–Trinajstić information content (AvgIpc) is 2.76. The van der Waals surface area contributed by atoms with Crippen LogP contribution in [0.15, 0.2) is 41.0 Å². The number of alkyl halides is 1. The Labute approximate surface area is 92.6 Å². The van der Waals surface area contributed by atoms with Crippen LogP contribution in [0.4, 0.5) is 0 Å². The summed E-state index contributed by atoms with van der Waals surface area (Å²) in [6.07, 6.45) is 1.75. The van der Waals surface area contributed by atoms with Crippen molar-refractivity contribution in [3.63, 3.8) is 0 Å². The van der Waals surface area contributed by atoms with Crippen molar-refractivity contribution < 1.29 is 9.15 Å². The molecule has 1 heterocycles. The zero-order valence-corrected chi connectivity index (χ0v) is 8.78. The minimum Gasteiger partial charge on any atom is -0.445 e. The number of hydrogen-bond donors (Lipinski definition) is 0. The van der Waals surface area contributed by atoms with Gasteiger partial charge in [-0.1, -0.05) is 30.3 Å². The highest BCUT2D eigenvalue weighted by atomic mass is 35.5. The average molecular weight is 224 g/mol. The Balaban J connectivity index is 1.93. The van der Waals surface area contributed by atoms with E-state index in [-0.39, 0.29) is 6.08 Å². The standard InChI is InChI=1S/C11H10ClNO2/c12-6-10-8-15-11(13-10)14-7-9-4-2-1-3-5-9/h1-5,8H,6-7H2. The van der Waals surface area contributed by atoms with Crippen molar-refractivity contribution in [1.82, 2.24) is 4.98 Å². The second-order valence-corrected chi connectivity index (χ2v) is 3.28. The first-order chi connectivity index (χ1) is 7.38. The zero-order valence-electron chi connectivity index (χ0n) is 8.02. The smallest absolute Gasteiger partial charge is 0.394 e. The molecule has 0 atom stereocenters. The normalized spacial score (nSPS) is 10.2. The maximum Gasteiger partial charge on any atom is 0.394 e. The van der Waals surface area contributed by atoms with Crippen molar-refractivity contribution in [2.45, 2.75) is 12.5 Å². The van der Waals surface area contributed by atoms with Gasteiger partial charge in [-0.15, -0.1) is 11.6 Å². The van der Waals surface area contributed by atoms with Gasteiger partial charge in [0.25, 0.3) is 0 Å². The number of halogens is 1. The largest absolute Gasteiger partial charge is 0.445 e. The summed E-state index contributed by atoms with van der Waals surface area (Å²) in [7, 11) is 0. The van der Waals surface area contributed by atoms with Gasteiger partial charge in [0.05, 0.1) is 11.6 Å². The first kappa shape index (κ1) is 10.1. The van der Waals surface area contributed by atoms with E-state index in [9.17, 15) is 0 Å². The first-order valence-corrected chi connectivity index (χ1v) is 5.09. The Kier molecular flexibility index (Phi) is 3.25. The summed E-state index contributed by atoms with van der Waals surface area (Å²) in [5.74, 6) is 0.332. The van der Waals surface area contributed by atoms with E-state index in [2.05, 4.69) is 4.98 Å². The minimum atomic E-state index is 0.259. The maximum absolute atomic E-state index is 5.58. The lowest BCUT2D eigenvalue weighted by molar-refractivity contribution is 0.220. The van der Waals surface area contributed by atoms with E-state index >= 15 is 0 Å². The molecule has 15 heavy (non-hydrogen) atoms. The van der Waals surface area contributed by atoms with Crippen LogP contribution in [0.3, 0.4) is 0 Å². The second kappa shape index (κ2) is 4.84. The molecule has 0 aliphatic rings. The van der Waals surface area contributed by atoms with Crippen molar-refractivity contribution in [1.29, 1.82) is 0 Å². The van der Waals surface area contributed by atoms with E-state index in [1.54, 1.807) is 0 Å². The Hall–Kier alpha value is -1.48. The van der Waals surface area contributed by atoms with Gasteiger partial charge in [-0.25, -0.2) is 0 Å². The lowest BCUT2D eigenvalue weighted by atomic mass is 10.2. The van der Waals surface area contributed by atoms with Gasteiger partial charge in [0.1, 0.15) is 12.9 Å². The van der Waals surface area contributed by atoms with E-state index in [1.807, 2.05) is 30.3 Å². The summed E-state index contributed by atoms with van der Waals surface area (Å²) >= 11 is 5.58. The van der Waals surface area contributed by atoms with Crippen molar-refractivity contribution in [3.05, 3.63) is 47.9 Å². The Bertz CT molecular complexity index is 414. The van der Waals surface area contributed by atoms with E-state index in [1.165, 1.54) is 6.26 Å². The summed E-state index contributed by atoms with van der Waals surface area (Å²) < 4.78 is 10.4. The molecule has 0 N–H and O–H groups in total. The predicted octanol–water partition coefficient (Wildman–Crippen LogP) is 2.99. The van der Waals surface area contributed by atoms with Crippen LogP contribution >= 0.6 is 11.6 Å². The van der Waals surface area contributed by atoms with Crippen LogP contribution in [0.2, 0.25) is 0 Å². The number of hydrogen-bond acceptors (Lipinski definition) is 3. The zero-order chi connectivity index (χ0) is 10.5. The van der Waals surface area contributed by atoms with Crippen LogP contribution in [0.25, 0.3) is 0 Å². The highest BCUT2D eigenvalue weighted by molar-refractivity contribution is 6.16. The summed E-state index contributed by atoms with van der Waals surface area (Å²) in [6, 6.07) is 9.83. The van der Waals surface area contributed by atoms with Gasteiger partial charge < -0.3 is 9.15 Å². The van der Waals surface area contributed by atoms with Crippen LogP contribution in [0.5, 0.6) is 6.08 Å². The van der Waals surface area contributed by atoms with Gasteiger partial charge in [0, 0.05) is 0 Å². The molecule has 0 aliphatic carbocycles. The van der Waals surface area contributed by atoms with E-state index in [0.717, 1.165) is 5.56 Å². The molecule has 0 fully saturated rings. The van der Waals surface area contributed by atoms with Crippen molar-refractivity contribution >= 4 is 11.6 Å². The van der Waals surface area contributed by atoms with Gasteiger partial charge in [0.15, 0.2) is 0 Å². The van der Waals surface area contributed by atoms with Crippen LogP contribution in [-0.4, -0.2) is 4.98 Å². The Morgan fingerprint density at radius 2 is 2.07 bits per heavy atom. The Morgan fingerprint density at radius 3 is 2.73 bits per heavy atom. The first-order valence-electron chi connectivity index (χ1n) is 4.55. The third-order valence-electron chi connectivity index (χ3n) is 1.87. The van der Waals surface area contributed by atoms with Crippen LogP contribution in [0.1, 0.15) is 11.3 Å². The third kappa shape index (κ3) is 2.73. The van der Waals surface area contributed by atoms with Gasteiger partial charge in [-0.2, -0.15) is 4.98 Å². The molecule has 0 spiro atoms. The van der Waals surface area contributed by atoms with Gasteiger partial charge in [-0.3, -0.25) is 0 Å². The topological polar surface area (TPSA) is 35.3 Å². The lowest BCUT2D eigenvalue weighted by Crippen LogP contribution is -1.95. The molecule has 2 aromatic rings. The lowest BCUT2D eigenvalue weighted by Gasteiger charge is -2.00. The SMILES string of the molecule is ClCc1coc(OCc2ccccc2)n1. The molecule has 0 aliphatic heterocycles. The molecule has 0 saturated carbocycles. The molecule has 0 unspecified atom stereocenters. The van der Waals surface area contributed by atoms with Crippen LogP contribution < -0.4 is 4.74 Å². The molecular weight excluding hydrogens is 214 g/mol. The number of nitrogens with zero attached hydrogens (tertiary/aromatic N) is 1. The fourth-order valence-electron chi connectivity index (χ4n) is 1.14. The minimum absolute atomic E-state index is 0.259. The molecule has 1 aromatic carbocycles. The number of oxazole rings is 1. The van der Waals surface area contributed by atoms with Crippen LogP contribution in [-0.2, 0) is 12.5 Å². The summed E-state index contributed by atoms with van der Waals surface area (Å²) in [5.41, 5.74) is 1.75. The van der Waals surface area contributed by atoms with Gasteiger partial charge in [0.2, 0.25) is 0 Å². The van der Waals surface area contributed by atoms with Gasteiger partial charge >= 0.3 is 6.08 Å². The molecule has 78 valence electrons. The molecule has 4 heteroatoms. The van der Waals surface area contributed by atoms with Crippen molar-refractivity contribution in [3.8, 4) is 6.08 Å². The summed E-state index contributed by atoms with van der Waals surface area (Å²) in [4.78, 5) is 4.02. The van der Waals surface area contributed by atoms with E-state index < -0.39 is 0 Å². The highest BCUT2D eigenvalue weighted by Gasteiger charge is 2.03. The van der Waals surface area contributed by atoms with Gasteiger partial charge in [-0.05, 0) is 5.56 Å². The number of aromatic nitrogens is 1. The summed E-state index contributed by atoms with van der Waals surface area (Å²) in [6.45, 7) is 0.447. The molecule has 0 bridgehead atoms. The molecule has 0 saturated heterocycles. The fourth-order valence-corrected chi connectivity index (χ4v) is 1.26. The molecule has 2 rings (SSSR count). The summed E-state index contributed by atoms with van der Waals surface area (Å²) in [5, 5.41) is 0. The van der Waals surface area contributed by atoms with E-state index in [4.69, 9.17) is 20.8 Å². The van der Waals surface area contributed by atoms with Crippen molar-refractivity contribution in [2.24, 2.45) is 0 Å². The molecule has 3 nitrogen and oxygen atoms in total. The Morgan fingerprint density at radius 1 is 1.27 bits per heavy atom. The monoisotopic (exact) mass is 223 g/mol.